The zero-order chi connectivity index (χ0) is 13.0. The first-order chi connectivity index (χ1) is 8.74. The third kappa shape index (κ3) is 2.86. The standard InChI is InChI=1S/C13H19NO4/c1-9(7-15-2)14-6-10-4-11(16-3)13-12(5-10)17-8-18-13/h4-5,9,14H,6-8H2,1-3H3/t9-/m0/s1. The Morgan fingerprint density at radius 2 is 2.17 bits per heavy atom. The molecule has 1 aliphatic rings. The van der Waals surface area contributed by atoms with Crippen molar-refractivity contribution in [1.82, 2.24) is 5.32 Å². The van der Waals surface area contributed by atoms with Crippen LogP contribution in [0.2, 0.25) is 0 Å². The van der Waals surface area contributed by atoms with Gasteiger partial charge >= 0.3 is 0 Å². The Balaban J connectivity index is 2.05. The fraction of sp³-hybridized carbons (Fsp3) is 0.538. The predicted molar refractivity (Wildman–Crippen MR) is 67.3 cm³/mol. The Morgan fingerprint density at radius 3 is 2.89 bits per heavy atom. The van der Waals surface area contributed by atoms with E-state index in [1.807, 2.05) is 12.1 Å². The minimum absolute atomic E-state index is 0.253. The van der Waals surface area contributed by atoms with Crippen molar-refractivity contribution in [3.63, 3.8) is 0 Å². The zero-order valence-corrected chi connectivity index (χ0v) is 11.0. The molecule has 1 aliphatic heterocycles. The van der Waals surface area contributed by atoms with Crippen LogP contribution in [0.3, 0.4) is 0 Å². The van der Waals surface area contributed by atoms with Crippen LogP contribution in [0.5, 0.6) is 17.2 Å². The molecule has 5 nitrogen and oxygen atoms in total. The summed E-state index contributed by atoms with van der Waals surface area (Å²) in [4.78, 5) is 0. The maximum Gasteiger partial charge on any atom is 0.231 e. The van der Waals surface area contributed by atoms with E-state index in [-0.39, 0.29) is 6.79 Å². The molecule has 0 saturated carbocycles. The first-order valence-electron chi connectivity index (χ1n) is 5.93. The number of ether oxygens (including phenoxy) is 4. The molecule has 18 heavy (non-hydrogen) atoms. The minimum atomic E-state index is 0.253. The molecule has 0 radical (unpaired) electrons. The third-order valence-corrected chi connectivity index (χ3v) is 2.79. The minimum Gasteiger partial charge on any atom is -0.493 e. The Bertz CT molecular complexity index is 408. The highest BCUT2D eigenvalue weighted by Gasteiger charge is 2.20. The molecule has 2 rings (SSSR count). The number of benzene rings is 1. The van der Waals surface area contributed by atoms with Crippen LogP contribution in [0, 0.1) is 0 Å². The second-order valence-electron chi connectivity index (χ2n) is 4.27. The van der Waals surface area contributed by atoms with Crippen molar-refractivity contribution in [3.8, 4) is 17.2 Å². The number of nitrogens with one attached hydrogen (secondary N) is 1. The van der Waals surface area contributed by atoms with Gasteiger partial charge in [0.05, 0.1) is 13.7 Å². The smallest absolute Gasteiger partial charge is 0.231 e. The molecule has 0 aromatic heterocycles. The van der Waals surface area contributed by atoms with Gasteiger partial charge in [0.25, 0.3) is 0 Å². The second-order valence-corrected chi connectivity index (χ2v) is 4.27. The van der Waals surface area contributed by atoms with E-state index >= 15 is 0 Å². The van der Waals surface area contributed by atoms with E-state index in [1.54, 1.807) is 14.2 Å². The lowest BCUT2D eigenvalue weighted by molar-refractivity contribution is 0.171. The molecule has 0 aliphatic carbocycles. The summed E-state index contributed by atoms with van der Waals surface area (Å²) in [6, 6.07) is 4.23. The van der Waals surface area contributed by atoms with Gasteiger partial charge in [0.2, 0.25) is 12.5 Å². The van der Waals surface area contributed by atoms with E-state index in [4.69, 9.17) is 18.9 Å². The van der Waals surface area contributed by atoms with Gasteiger partial charge in [0.15, 0.2) is 11.5 Å². The Kier molecular flexibility index (Phi) is 4.28. The lowest BCUT2D eigenvalue weighted by atomic mass is 10.1. The van der Waals surface area contributed by atoms with Crippen LogP contribution in [0.4, 0.5) is 0 Å². The predicted octanol–water partition coefficient (Wildman–Crippen LogP) is 1.55. The van der Waals surface area contributed by atoms with E-state index in [2.05, 4.69) is 12.2 Å². The van der Waals surface area contributed by atoms with Crippen molar-refractivity contribution in [1.29, 1.82) is 0 Å². The lowest BCUT2D eigenvalue weighted by Crippen LogP contribution is -2.29. The van der Waals surface area contributed by atoms with E-state index < -0.39 is 0 Å². The number of rotatable bonds is 6. The molecule has 1 atom stereocenters. The van der Waals surface area contributed by atoms with Gasteiger partial charge in [-0.25, -0.2) is 0 Å². The van der Waals surface area contributed by atoms with Gasteiger partial charge in [-0.3, -0.25) is 0 Å². The molecule has 5 heteroatoms. The summed E-state index contributed by atoms with van der Waals surface area (Å²) >= 11 is 0. The highest BCUT2D eigenvalue weighted by atomic mass is 16.7. The first-order valence-corrected chi connectivity index (χ1v) is 5.93. The summed E-state index contributed by atoms with van der Waals surface area (Å²) in [5.74, 6) is 2.14. The quantitative estimate of drug-likeness (QED) is 0.833. The van der Waals surface area contributed by atoms with Crippen molar-refractivity contribution in [2.24, 2.45) is 0 Å². The molecule has 0 fully saturated rings. The maximum atomic E-state index is 5.38. The molecule has 0 saturated heterocycles. The van der Waals surface area contributed by atoms with Crippen LogP contribution in [0.1, 0.15) is 12.5 Å². The van der Waals surface area contributed by atoms with E-state index in [0.29, 0.717) is 24.1 Å². The van der Waals surface area contributed by atoms with Crippen molar-refractivity contribution in [2.45, 2.75) is 19.5 Å². The van der Waals surface area contributed by atoms with Gasteiger partial charge in [-0.1, -0.05) is 0 Å². The zero-order valence-electron chi connectivity index (χ0n) is 11.0. The topological polar surface area (TPSA) is 49.0 Å². The van der Waals surface area contributed by atoms with Crippen molar-refractivity contribution < 1.29 is 18.9 Å². The number of methoxy groups -OCH3 is 2. The fourth-order valence-electron chi connectivity index (χ4n) is 1.89. The van der Waals surface area contributed by atoms with Crippen LogP contribution >= 0.6 is 0 Å². The molecule has 1 N–H and O–H groups in total. The van der Waals surface area contributed by atoms with Crippen LogP contribution in [-0.4, -0.2) is 33.7 Å². The fourth-order valence-corrected chi connectivity index (χ4v) is 1.89. The van der Waals surface area contributed by atoms with E-state index in [1.165, 1.54) is 0 Å². The number of hydrogen-bond donors (Lipinski definition) is 1. The van der Waals surface area contributed by atoms with Gasteiger partial charge in [0.1, 0.15) is 0 Å². The monoisotopic (exact) mass is 253 g/mol. The SMILES string of the molecule is COC[C@H](C)NCc1cc(OC)c2c(c1)OCO2. The van der Waals surface area contributed by atoms with Gasteiger partial charge < -0.3 is 24.3 Å². The van der Waals surface area contributed by atoms with Gasteiger partial charge in [-0.05, 0) is 24.6 Å². The Hall–Kier alpha value is -1.46. The molecule has 0 bridgehead atoms. The van der Waals surface area contributed by atoms with Crippen molar-refractivity contribution in [2.75, 3.05) is 27.6 Å². The summed E-state index contributed by atoms with van der Waals surface area (Å²) in [6.45, 7) is 3.75. The summed E-state index contributed by atoms with van der Waals surface area (Å²) < 4.78 is 21.1. The summed E-state index contributed by atoms with van der Waals surface area (Å²) in [5.41, 5.74) is 1.10. The molecule has 1 aromatic carbocycles. The normalized spacial score (nSPS) is 14.6. The van der Waals surface area contributed by atoms with Crippen molar-refractivity contribution >= 4 is 0 Å². The lowest BCUT2D eigenvalue weighted by Gasteiger charge is -2.13. The summed E-state index contributed by atoms with van der Waals surface area (Å²) in [6.07, 6.45) is 0. The van der Waals surface area contributed by atoms with Gasteiger partial charge in [-0.15, -0.1) is 0 Å². The largest absolute Gasteiger partial charge is 0.493 e. The first kappa shape index (κ1) is 13.0. The van der Waals surface area contributed by atoms with Crippen LogP contribution < -0.4 is 19.5 Å². The number of hydrogen-bond acceptors (Lipinski definition) is 5. The number of fused-ring (bicyclic) bond motifs is 1. The average molecular weight is 253 g/mol. The van der Waals surface area contributed by atoms with Crippen LogP contribution in [0.15, 0.2) is 12.1 Å². The molecule has 1 heterocycles. The molecule has 0 spiro atoms. The molecule has 100 valence electrons. The Morgan fingerprint density at radius 1 is 1.33 bits per heavy atom. The molecular formula is C13H19NO4. The molecule has 0 amide bonds. The van der Waals surface area contributed by atoms with Gasteiger partial charge in [-0.2, -0.15) is 0 Å². The average Bonchev–Trinajstić information content (AvgIpc) is 2.83. The summed E-state index contributed by atoms with van der Waals surface area (Å²) in [7, 11) is 3.32. The maximum absolute atomic E-state index is 5.38. The van der Waals surface area contributed by atoms with Crippen molar-refractivity contribution in [3.05, 3.63) is 17.7 Å². The van der Waals surface area contributed by atoms with E-state index in [0.717, 1.165) is 17.9 Å². The third-order valence-electron chi connectivity index (χ3n) is 2.79. The second kappa shape index (κ2) is 5.93. The molecule has 1 aromatic rings. The molecule has 0 unspecified atom stereocenters. The van der Waals surface area contributed by atoms with Crippen LogP contribution in [0.25, 0.3) is 0 Å². The molecular weight excluding hydrogens is 234 g/mol. The summed E-state index contributed by atoms with van der Waals surface area (Å²) in [5, 5.41) is 3.37. The highest BCUT2D eigenvalue weighted by molar-refractivity contribution is 5.55. The van der Waals surface area contributed by atoms with Gasteiger partial charge in [0, 0.05) is 19.7 Å². The Labute approximate surface area is 107 Å². The van der Waals surface area contributed by atoms with E-state index in [9.17, 15) is 0 Å². The van der Waals surface area contributed by atoms with Crippen LogP contribution in [-0.2, 0) is 11.3 Å². The highest BCUT2D eigenvalue weighted by Crippen LogP contribution is 2.41.